The van der Waals surface area contributed by atoms with Crippen molar-refractivity contribution in [3.8, 4) is 0 Å². The van der Waals surface area contributed by atoms with Gasteiger partial charge in [0.25, 0.3) is 5.91 Å². The van der Waals surface area contributed by atoms with Gasteiger partial charge in [0.05, 0.1) is 12.1 Å². The molecule has 1 heterocycles. The van der Waals surface area contributed by atoms with Crippen LogP contribution in [0.1, 0.15) is 15.4 Å². The molecule has 0 aliphatic rings. The van der Waals surface area contributed by atoms with E-state index in [0.717, 1.165) is 14.0 Å². The number of nitrogens with one attached hydrogen (secondary N) is 1. The molecule has 0 atom stereocenters. The number of hydrogen-bond acceptors (Lipinski definition) is 3. The SMILES string of the molecule is O=C(NCc1nccs1)c1cc(Br)ccc1Br. The van der Waals surface area contributed by atoms with Gasteiger partial charge in [0, 0.05) is 20.5 Å². The number of nitrogens with zero attached hydrogens (tertiary/aromatic N) is 1. The van der Waals surface area contributed by atoms with Crippen LogP contribution in [0.3, 0.4) is 0 Å². The second-order valence-electron chi connectivity index (χ2n) is 3.23. The summed E-state index contributed by atoms with van der Waals surface area (Å²) in [7, 11) is 0. The Bertz CT molecular complexity index is 528. The minimum atomic E-state index is -0.117. The highest BCUT2D eigenvalue weighted by molar-refractivity contribution is 9.11. The Balaban J connectivity index is 2.07. The van der Waals surface area contributed by atoms with Crippen LogP contribution in [-0.2, 0) is 6.54 Å². The van der Waals surface area contributed by atoms with E-state index in [4.69, 9.17) is 0 Å². The smallest absolute Gasteiger partial charge is 0.252 e. The fraction of sp³-hybridized carbons (Fsp3) is 0.0909. The zero-order chi connectivity index (χ0) is 12.3. The van der Waals surface area contributed by atoms with E-state index in [0.29, 0.717) is 12.1 Å². The number of amides is 1. The van der Waals surface area contributed by atoms with Crippen molar-refractivity contribution in [2.75, 3.05) is 0 Å². The van der Waals surface area contributed by atoms with Gasteiger partial charge < -0.3 is 5.32 Å². The van der Waals surface area contributed by atoms with E-state index in [2.05, 4.69) is 42.2 Å². The number of rotatable bonds is 3. The normalized spacial score (nSPS) is 10.2. The number of halogens is 2. The van der Waals surface area contributed by atoms with E-state index in [9.17, 15) is 4.79 Å². The van der Waals surface area contributed by atoms with Crippen molar-refractivity contribution in [3.05, 3.63) is 49.3 Å². The van der Waals surface area contributed by atoms with E-state index in [1.807, 2.05) is 17.5 Å². The molecule has 1 aromatic carbocycles. The number of benzene rings is 1. The molecule has 2 rings (SSSR count). The van der Waals surface area contributed by atoms with Gasteiger partial charge in [-0.15, -0.1) is 11.3 Å². The molecule has 0 unspecified atom stereocenters. The predicted molar refractivity (Wildman–Crippen MR) is 75.1 cm³/mol. The van der Waals surface area contributed by atoms with Gasteiger partial charge in [0.1, 0.15) is 5.01 Å². The first-order valence-electron chi connectivity index (χ1n) is 4.78. The van der Waals surface area contributed by atoms with Gasteiger partial charge in [0.15, 0.2) is 0 Å². The van der Waals surface area contributed by atoms with Gasteiger partial charge in [-0.2, -0.15) is 0 Å². The van der Waals surface area contributed by atoms with Crippen molar-refractivity contribution in [1.29, 1.82) is 0 Å². The first-order valence-corrected chi connectivity index (χ1v) is 7.25. The quantitative estimate of drug-likeness (QED) is 0.890. The molecule has 0 bridgehead atoms. The summed E-state index contributed by atoms with van der Waals surface area (Å²) in [6.07, 6.45) is 1.72. The largest absolute Gasteiger partial charge is 0.345 e. The molecule has 1 amide bonds. The highest BCUT2D eigenvalue weighted by Gasteiger charge is 2.10. The van der Waals surface area contributed by atoms with Crippen molar-refractivity contribution in [1.82, 2.24) is 10.3 Å². The van der Waals surface area contributed by atoms with Gasteiger partial charge in [-0.25, -0.2) is 4.98 Å². The van der Waals surface area contributed by atoms with Crippen LogP contribution in [0.5, 0.6) is 0 Å². The maximum atomic E-state index is 11.9. The minimum absolute atomic E-state index is 0.117. The lowest BCUT2D eigenvalue weighted by Crippen LogP contribution is -2.23. The van der Waals surface area contributed by atoms with Crippen molar-refractivity contribution in [3.63, 3.8) is 0 Å². The number of aromatic nitrogens is 1. The second kappa shape index (κ2) is 5.75. The van der Waals surface area contributed by atoms with E-state index in [-0.39, 0.29) is 5.91 Å². The molecule has 3 nitrogen and oxygen atoms in total. The summed E-state index contributed by atoms with van der Waals surface area (Å²) >= 11 is 8.22. The molecule has 2 aromatic rings. The van der Waals surface area contributed by atoms with Crippen LogP contribution >= 0.6 is 43.2 Å². The molecule has 6 heteroatoms. The Kier molecular flexibility index (Phi) is 4.31. The molecule has 1 aromatic heterocycles. The molecule has 0 radical (unpaired) electrons. The standard InChI is InChI=1S/C11H8Br2N2OS/c12-7-1-2-9(13)8(5-7)11(16)15-6-10-14-3-4-17-10/h1-5H,6H2,(H,15,16). The Labute approximate surface area is 120 Å². The fourth-order valence-electron chi connectivity index (χ4n) is 1.26. The topological polar surface area (TPSA) is 42.0 Å². The number of thiazole rings is 1. The van der Waals surface area contributed by atoms with E-state index in [1.165, 1.54) is 11.3 Å². The maximum Gasteiger partial charge on any atom is 0.252 e. The molecular formula is C11H8Br2N2OS. The summed E-state index contributed by atoms with van der Waals surface area (Å²) in [5.41, 5.74) is 0.607. The van der Waals surface area contributed by atoms with Gasteiger partial charge in [-0.1, -0.05) is 15.9 Å². The molecular weight excluding hydrogens is 368 g/mol. The summed E-state index contributed by atoms with van der Waals surface area (Å²) < 4.78 is 1.65. The van der Waals surface area contributed by atoms with Crippen LogP contribution in [0.25, 0.3) is 0 Å². The molecule has 0 saturated carbocycles. The Morgan fingerprint density at radius 2 is 2.24 bits per heavy atom. The van der Waals surface area contributed by atoms with Gasteiger partial charge >= 0.3 is 0 Å². The van der Waals surface area contributed by atoms with Crippen molar-refractivity contribution in [2.24, 2.45) is 0 Å². The lowest BCUT2D eigenvalue weighted by molar-refractivity contribution is 0.0950. The Morgan fingerprint density at radius 3 is 2.94 bits per heavy atom. The van der Waals surface area contributed by atoms with E-state index in [1.54, 1.807) is 12.3 Å². The Morgan fingerprint density at radius 1 is 1.41 bits per heavy atom. The predicted octanol–water partition coefficient (Wildman–Crippen LogP) is 3.60. The van der Waals surface area contributed by atoms with Crippen LogP contribution in [0.4, 0.5) is 0 Å². The molecule has 0 aliphatic heterocycles. The Hall–Kier alpha value is -0.720. The minimum Gasteiger partial charge on any atom is -0.345 e. The third-order valence-corrected chi connectivity index (χ3v) is 4.02. The number of carbonyl (C=O) groups is 1. The third-order valence-electron chi connectivity index (χ3n) is 2.06. The molecule has 0 aliphatic carbocycles. The van der Waals surface area contributed by atoms with Crippen LogP contribution in [0.2, 0.25) is 0 Å². The lowest BCUT2D eigenvalue weighted by Gasteiger charge is -2.05. The maximum absolute atomic E-state index is 11.9. The van der Waals surface area contributed by atoms with E-state index < -0.39 is 0 Å². The van der Waals surface area contributed by atoms with Gasteiger partial charge in [-0.3, -0.25) is 4.79 Å². The first-order chi connectivity index (χ1) is 8.16. The summed E-state index contributed by atoms with van der Waals surface area (Å²) in [6, 6.07) is 5.49. The zero-order valence-corrected chi connectivity index (χ0v) is 12.6. The van der Waals surface area contributed by atoms with Crippen LogP contribution in [0.15, 0.2) is 38.7 Å². The molecule has 0 saturated heterocycles. The molecule has 0 fully saturated rings. The summed E-state index contributed by atoms with van der Waals surface area (Å²) in [5, 5.41) is 5.61. The van der Waals surface area contributed by atoms with Crippen LogP contribution < -0.4 is 5.32 Å². The third kappa shape index (κ3) is 3.37. The summed E-state index contributed by atoms with van der Waals surface area (Å²) in [4.78, 5) is 16.0. The van der Waals surface area contributed by atoms with Crippen LogP contribution in [-0.4, -0.2) is 10.9 Å². The molecule has 17 heavy (non-hydrogen) atoms. The lowest BCUT2D eigenvalue weighted by atomic mass is 10.2. The molecule has 88 valence electrons. The van der Waals surface area contributed by atoms with Gasteiger partial charge in [0.2, 0.25) is 0 Å². The van der Waals surface area contributed by atoms with Crippen molar-refractivity contribution in [2.45, 2.75) is 6.54 Å². The summed E-state index contributed by atoms with van der Waals surface area (Å²) in [6.45, 7) is 0.454. The fourth-order valence-corrected chi connectivity index (χ4v) is 2.61. The average molecular weight is 376 g/mol. The molecule has 0 spiro atoms. The number of carbonyl (C=O) groups excluding carboxylic acids is 1. The van der Waals surface area contributed by atoms with Crippen LogP contribution in [0, 0.1) is 0 Å². The highest BCUT2D eigenvalue weighted by Crippen LogP contribution is 2.21. The highest BCUT2D eigenvalue weighted by atomic mass is 79.9. The first kappa shape index (κ1) is 12.7. The van der Waals surface area contributed by atoms with Crippen molar-refractivity contribution >= 4 is 49.1 Å². The monoisotopic (exact) mass is 374 g/mol. The second-order valence-corrected chi connectivity index (χ2v) is 5.98. The number of hydrogen-bond donors (Lipinski definition) is 1. The van der Waals surface area contributed by atoms with Crippen molar-refractivity contribution < 1.29 is 4.79 Å². The average Bonchev–Trinajstić information content (AvgIpc) is 2.82. The van der Waals surface area contributed by atoms with E-state index >= 15 is 0 Å². The molecule has 1 N–H and O–H groups in total. The summed E-state index contributed by atoms with van der Waals surface area (Å²) in [5.74, 6) is -0.117. The zero-order valence-electron chi connectivity index (χ0n) is 8.61. The van der Waals surface area contributed by atoms with Gasteiger partial charge in [-0.05, 0) is 34.1 Å².